The Labute approximate surface area is 138 Å². The first-order valence-corrected chi connectivity index (χ1v) is 7.73. The van der Waals surface area contributed by atoms with Crippen molar-refractivity contribution in [2.24, 2.45) is 0 Å². The van der Waals surface area contributed by atoms with Crippen LogP contribution in [0.5, 0.6) is 5.75 Å². The second-order valence-corrected chi connectivity index (χ2v) is 5.55. The van der Waals surface area contributed by atoms with E-state index in [9.17, 15) is 13.6 Å². The van der Waals surface area contributed by atoms with Crippen LogP contribution in [0, 0.1) is 11.6 Å². The number of hydrogen-bond acceptors (Lipinski definition) is 3. The van der Waals surface area contributed by atoms with Crippen LogP contribution in [0.1, 0.15) is 23.2 Å². The lowest BCUT2D eigenvalue weighted by molar-refractivity contribution is 0.0679. The minimum Gasteiger partial charge on any atom is -0.491 e. The highest BCUT2D eigenvalue weighted by atomic mass is 19.1. The van der Waals surface area contributed by atoms with Crippen molar-refractivity contribution in [1.29, 1.82) is 0 Å². The zero-order valence-corrected chi connectivity index (χ0v) is 12.9. The van der Waals surface area contributed by atoms with Gasteiger partial charge in [-0.05, 0) is 43.2 Å². The van der Waals surface area contributed by atoms with Crippen LogP contribution in [0.2, 0.25) is 0 Å². The summed E-state index contributed by atoms with van der Waals surface area (Å²) in [7, 11) is 0. The maximum absolute atomic E-state index is 13.6. The van der Waals surface area contributed by atoms with E-state index < -0.39 is 17.5 Å². The van der Waals surface area contributed by atoms with Crippen molar-refractivity contribution in [3.05, 3.63) is 59.7 Å². The molecule has 0 spiro atoms. The molecule has 0 radical (unpaired) electrons. The Morgan fingerprint density at radius 2 is 2.12 bits per heavy atom. The van der Waals surface area contributed by atoms with Crippen LogP contribution in [-0.2, 0) is 4.74 Å². The maximum Gasteiger partial charge on any atom is 0.255 e. The Morgan fingerprint density at radius 3 is 2.92 bits per heavy atom. The second-order valence-electron chi connectivity index (χ2n) is 5.55. The fraction of sp³-hybridized carbons (Fsp3) is 0.278. The van der Waals surface area contributed by atoms with Crippen molar-refractivity contribution in [3.8, 4) is 5.75 Å². The van der Waals surface area contributed by atoms with Gasteiger partial charge in [-0.1, -0.05) is 6.07 Å². The highest BCUT2D eigenvalue weighted by Gasteiger charge is 2.16. The summed E-state index contributed by atoms with van der Waals surface area (Å²) in [6.45, 7) is 1.17. The fourth-order valence-electron chi connectivity index (χ4n) is 2.48. The van der Waals surface area contributed by atoms with E-state index in [1.54, 1.807) is 24.3 Å². The van der Waals surface area contributed by atoms with Crippen LogP contribution in [0.15, 0.2) is 42.5 Å². The van der Waals surface area contributed by atoms with Gasteiger partial charge in [0.1, 0.15) is 24.0 Å². The number of nitrogens with one attached hydrogen (secondary N) is 1. The van der Waals surface area contributed by atoms with Crippen LogP contribution in [0.25, 0.3) is 0 Å². The third-order valence-electron chi connectivity index (χ3n) is 3.73. The predicted octanol–water partition coefficient (Wildman–Crippen LogP) is 3.77. The standard InChI is InChI=1S/C18H17F2NO3/c19-13-6-7-16(20)17(10-13)21-18(22)12-3-1-4-14(9-12)24-11-15-5-2-8-23-15/h1,3-4,6-7,9-10,15H,2,5,8,11H2,(H,21,22). The summed E-state index contributed by atoms with van der Waals surface area (Å²) < 4.78 is 37.9. The van der Waals surface area contributed by atoms with Crippen LogP contribution in [0.3, 0.4) is 0 Å². The van der Waals surface area contributed by atoms with E-state index >= 15 is 0 Å². The molecule has 4 nitrogen and oxygen atoms in total. The van der Waals surface area contributed by atoms with Gasteiger partial charge < -0.3 is 14.8 Å². The molecular weight excluding hydrogens is 316 g/mol. The normalized spacial score (nSPS) is 16.8. The maximum atomic E-state index is 13.6. The molecule has 1 aliphatic heterocycles. The quantitative estimate of drug-likeness (QED) is 0.906. The van der Waals surface area contributed by atoms with Crippen molar-refractivity contribution in [2.75, 3.05) is 18.5 Å². The number of amides is 1. The number of anilines is 1. The van der Waals surface area contributed by atoms with E-state index in [1.165, 1.54) is 0 Å². The lowest BCUT2D eigenvalue weighted by atomic mass is 10.2. The summed E-state index contributed by atoms with van der Waals surface area (Å²) in [4.78, 5) is 12.2. The highest BCUT2D eigenvalue weighted by Crippen LogP contribution is 2.20. The van der Waals surface area contributed by atoms with Gasteiger partial charge in [-0.2, -0.15) is 0 Å². The Kier molecular flexibility index (Phi) is 5.05. The molecule has 1 unspecified atom stereocenters. The Hall–Kier alpha value is -2.47. The van der Waals surface area contributed by atoms with Gasteiger partial charge >= 0.3 is 0 Å². The lowest BCUT2D eigenvalue weighted by Gasteiger charge is -2.12. The molecule has 1 amide bonds. The molecule has 0 saturated carbocycles. The molecule has 3 rings (SSSR count). The van der Waals surface area contributed by atoms with E-state index in [4.69, 9.17) is 9.47 Å². The molecule has 0 bridgehead atoms. The largest absolute Gasteiger partial charge is 0.491 e. The van der Waals surface area contributed by atoms with Crippen LogP contribution >= 0.6 is 0 Å². The van der Waals surface area contributed by atoms with Crippen molar-refractivity contribution >= 4 is 11.6 Å². The number of carbonyl (C=O) groups excluding carboxylic acids is 1. The van der Waals surface area contributed by atoms with E-state index in [1.807, 2.05) is 0 Å². The number of rotatable bonds is 5. The minimum atomic E-state index is -0.699. The van der Waals surface area contributed by atoms with Crippen molar-refractivity contribution in [2.45, 2.75) is 18.9 Å². The molecule has 24 heavy (non-hydrogen) atoms. The van der Waals surface area contributed by atoms with Gasteiger partial charge in [-0.3, -0.25) is 4.79 Å². The number of carbonyl (C=O) groups is 1. The molecule has 1 fully saturated rings. The number of benzene rings is 2. The molecule has 0 aliphatic carbocycles. The van der Waals surface area contributed by atoms with E-state index in [0.717, 1.165) is 37.6 Å². The van der Waals surface area contributed by atoms with Gasteiger partial charge in [0.05, 0.1) is 11.8 Å². The first-order valence-electron chi connectivity index (χ1n) is 7.73. The Bertz CT molecular complexity index is 730. The molecule has 6 heteroatoms. The minimum absolute atomic E-state index is 0.0730. The van der Waals surface area contributed by atoms with Crippen LogP contribution < -0.4 is 10.1 Å². The molecular formula is C18H17F2NO3. The van der Waals surface area contributed by atoms with Crippen molar-refractivity contribution in [1.82, 2.24) is 0 Å². The van der Waals surface area contributed by atoms with E-state index in [2.05, 4.69) is 5.32 Å². The Morgan fingerprint density at radius 1 is 1.25 bits per heavy atom. The molecule has 1 aliphatic rings. The third-order valence-corrected chi connectivity index (χ3v) is 3.73. The van der Waals surface area contributed by atoms with Gasteiger partial charge in [0.25, 0.3) is 5.91 Å². The highest BCUT2D eigenvalue weighted by molar-refractivity contribution is 6.04. The topological polar surface area (TPSA) is 47.6 Å². The number of ether oxygens (including phenoxy) is 2. The molecule has 2 aromatic rings. The van der Waals surface area contributed by atoms with Gasteiger partial charge in [-0.25, -0.2) is 8.78 Å². The summed E-state index contributed by atoms with van der Waals surface area (Å²) in [6.07, 6.45) is 2.05. The summed E-state index contributed by atoms with van der Waals surface area (Å²) in [5, 5.41) is 2.36. The number of hydrogen-bond donors (Lipinski definition) is 1. The SMILES string of the molecule is O=C(Nc1cc(F)ccc1F)c1cccc(OCC2CCCO2)c1. The third kappa shape index (κ3) is 4.08. The van der Waals surface area contributed by atoms with Gasteiger partial charge in [0, 0.05) is 18.2 Å². The molecule has 2 aromatic carbocycles. The van der Waals surface area contributed by atoms with Crippen LogP contribution in [0.4, 0.5) is 14.5 Å². The zero-order chi connectivity index (χ0) is 16.9. The molecule has 126 valence electrons. The molecule has 1 atom stereocenters. The predicted molar refractivity (Wildman–Crippen MR) is 85.2 cm³/mol. The molecule has 0 aromatic heterocycles. The van der Waals surface area contributed by atoms with Crippen molar-refractivity contribution in [3.63, 3.8) is 0 Å². The Balaban J connectivity index is 1.66. The summed E-state index contributed by atoms with van der Waals surface area (Å²) in [5.41, 5.74) is 0.0918. The fourth-order valence-corrected chi connectivity index (χ4v) is 2.48. The zero-order valence-electron chi connectivity index (χ0n) is 12.9. The smallest absolute Gasteiger partial charge is 0.255 e. The molecule has 1 heterocycles. The molecule has 1 N–H and O–H groups in total. The van der Waals surface area contributed by atoms with Crippen molar-refractivity contribution < 1.29 is 23.0 Å². The monoisotopic (exact) mass is 333 g/mol. The average Bonchev–Trinajstić information content (AvgIpc) is 3.10. The average molecular weight is 333 g/mol. The van der Waals surface area contributed by atoms with E-state index in [-0.39, 0.29) is 11.8 Å². The second kappa shape index (κ2) is 7.40. The lowest BCUT2D eigenvalue weighted by Crippen LogP contribution is -2.17. The summed E-state index contributed by atoms with van der Waals surface area (Å²) in [5.74, 6) is -1.34. The molecule has 1 saturated heterocycles. The summed E-state index contributed by atoms with van der Waals surface area (Å²) >= 11 is 0. The first kappa shape index (κ1) is 16.4. The van der Waals surface area contributed by atoms with Crippen LogP contribution in [-0.4, -0.2) is 25.2 Å². The van der Waals surface area contributed by atoms with Gasteiger partial charge in [0.2, 0.25) is 0 Å². The van der Waals surface area contributed by atoms with Gasteiger partial charge in [-0.15, -0.1) is 0 Å². The first-order chi connectivity index (χ1) is 11.6. The van der Waals surface area contributed by atoms with E-state index in [0.29, 0.717) is 17.9 Å². The summed E-state index contributed by atoms with van der Waals surface area (Å²) in [6, 6.07) is 9.42. The van der Waals surface area contributed by atoms with Gasteiger partial charge in [0.15, 0.2) is 0 Å². The number of halogens is 2.